The van der Waals surface area contributed by atoms with Gasteiger partial charge in [0.05, 0.1) is 29.9 Å². The molecule has 0 saturated heterocycles. The molecule has 10 nitrogen and oxygen atoms in total. The van der Waals surface area contributed by atoms with Crippen molar-refractivity contribution in [3.05, 3.63) is 45.9 Å². The molecule has 1 aliphatic carbocycles. The lowest BCUT2D eigenvalue weighted by atomic mass is 10.1. The molecule has 2 aromatic rings. The quantitative estimate of drug-likeness (QED) is 0.223. The number of nitrogens with one attached hydrogen (secondary N) is 3. The predicted octanol–water partition coefficient (Wildman–Crippen LogP) is 2.73. The maximum atomic E-state index is 13.5. The van der Waals surface area contributed by atoms with Gasteiger partial charge in [-0.05, 0) is 57.5 Å². The van der Waals surface area contributed by atoms with Crippen LogP contribution in [0.3, 0.4) is 0 Å². The Labute approximate surface area is 233 Å². The highest BCUT2D eigenvalue weighted by atomic mass is 32.2. The van der Waals surface area contributed by atoms with Crippen LogP contribution in [0, 0.1) is 5.92 Å². The number of hydrogen-bond acceptors (Lipinski definition) is 10. The number of nitrogens with zero attached hydrogens (tertiary/aromatic N) is 3. The second kappa shape index (κ2) is 14.5. The fourth-order valence-corrected chi connectivity index (χ4v) is 5.14. The Kier molecular flexibility index (Phi) is 11.4. The standard InChI is InChI=1S/C26H38N6O4S2/c1-6-23(25(34)28-13-17-7-8-17)27-14-20(12-21-15-37-16-29-21)30-24(33)18-9-19(26(35)36-5)11-22(10-18)32(4)38-31(2)3/h9-11,15-17,20,23,27H,6-8,12-14H2,1-5H3,(H,28,34)(H,30,33)/t20-,23-/m0/s1. The summed E-state index contributed by atoms with van der Waals surface area (Å²) in [5.74, 6) is -0.259. The van der Waals surface area contributed by atoms with E-state index in [1.165, 1.54) is 49.5 Å². The maximum Gasteiger partial charge on any atom is 0.337 e. The van der Waals surface area contributed by atoms with Crippen molar-refractivity contribution in [2.75, 3.05) is 45.6 Å². The third kappa shape index (κ3) is 9.26. The van der Waals surface area contributed by atoms with E-state index in [2.05, 4.69) is 20.9 Å². The minimum atomic E-state index is -0.521. The molecule has 2 amide bonds. The molecular formula is C26H38N6O4S2. The number of thiazole rings is 1. The average Bonchev–Trinajstić information content (AvgIpc) is 3.59. The smallest absolute Gasteiger partial charge is 0.337 e. The van der Waals surface area contributed by atoms with Gasteiger partial charge in [0.1, 0.15) is 0 Å². The van der Waals surface area contributed by atoms with E-state index in [9.17, 15) is 14.4 Å². The summed E-state index contributed by atoms with van der Waals surface area (Å²) in [6.45, 7) is 3.07. The molecular weight excluding hydrogens is 524 g/mol. The summed E-state index contributed by atoms with van der Waals surface area (Å²) < 4.78 is 8.69. The summed E-state index contributed by atoms with van der Waals surface area (Å²) in [5, 5.41) is 11.4. The molecule has 1 aromatic heterocycles. The number of methoxy groups -OCH3 is 1. The molecule has 208 valence electrons. The molecule has 0 unspecified atom stereocenters. The molecule has 0 bridgehead atoms. The molecule has 0 radical (unpaired) electrons. The molecule has 38 heavy (non-hydrogen) atoms. The number of carbonyl (C=O) groups excluding carboxylic acids is 3. The van der Waals surface area contributed by atoms with Crippen LogP contribution in [0.5, 0.6) is 0 Å². The van der Waals surface area contributed by atoms with Crippen molar-refractivity contribution in [3.8, 4) is 0 Å². The van der Waals surface area contributed by atoms with Gasteiger partial charge in [0.15, 0.2) is 0 Å². The fourth-order valence-electron chi connectivity index (χ4n) is 3.88. The second-order valence-electron chi connectivity index (χ2n) is 9.56. The van der Waals surface area contributed by atoms with Gasteiger partial charge < -0.3 is 25.0 Å². The second-order valence-corrected chi connectivity index (χ2v) is 11.7. The highest BCUT2D eigenvalue weighted by Crippen LogP contribution is 2.27. The Balaban J connectivity index is 1.75. The van der Waals surface area contributed by atoms with E-state index < -0.39 is 5.97 Å². The summed E-state index contributed by atoms with van der Waals surface area (Å²) in [6.07, 6.45) is 3.49. The summed E-state index contributed by atoms with van der Waals surface area (Å²) >= 11 is 2.92. The van der Waals surface area contributed by atoms with Crippen LogP contribution in [0.25, 0.3) is 0 Å². The third-order valence-electron chi connectivity index (χ3n) is 6.12. The van der Waals surface area contributed by atoms with Crippen molar-refractivity contribution >= 4 is 46.9 Å². The number of anilines is 1. The van der Waals surface area contributed by atoms with Crippen LogP contribution in [-0.2, 0) is 16.0 Å². The van der Waals surface area contributed by atoms with Crippen LogP contribution in [0.2, 0.25) is 0 Å². The van der Waals surface area contributed by atoms with E-state index in [-0.39, 0.29) is 29.5 Å². The Morgan fingerprint density at radius 2 is 1.92 bits per heavy atom. The van der Waals surface area contributed by atoms with Crippen molar-refractivity contribution in [1.82, 2.24) is 25.2 Å². The topological polar surface area (TPSA) is 116 Å². The number of ether oxygens (including phenoxy) is 1. The van der Waals surface area contributed by atoms with E-state index in [0.29, 0.717) is 36.6 Å². The largest absolute Gasteiger partial charge is 0.465 e. The van der Waals surface area contributed by atoms with Crippen molar-refractivity contribution in [2.24, 2.45) is 5.92 Å². The maximum absolute atomic E-state index is 13.5. The molecule has 1 heterocycles. The SMILES string of the molecule is CC[C@H](NC[C@H](Cc1cscn1)NC(=O)c1cc(C(=O)OC)cc(N(C)SN(C)C)c1)C(=O)NCC1CC1. The molecule has 0 spiro atoms. The summed E-state index contributed by atoms with van der Waals surface area (Å²) in [6, 6.07) is 4.29. The number of amides is 2. The van der Waals surface area contributed by atoms with Crippen LogP contribution >= 0.6 is 23.5 Å². The minimum absolute atomic E-state index is 0.0185. The van der Waals surface area contributed by atoms with Gasteiger partial charge in [-0.1, -0.05) is 6.92 Å². The van der Waals surface area contributed by atoms with Crippen molar-refractivity contribution in [3.63, 3.8) is 0 Å². The Morgan fingerprint density at radius 3 is 2.53 bits per heavy atom. The Hall–Kier alpha value is -2.67. The molecule has 3 N–H and O–H groups in total. The first kappa shape index (κ1) is 29.9. The highest BCUT2D eigenvalue weighted by molar-refractivity contribution is 7.98. The highest BCUT2D eigenvalue weighted by Gasteiger charge is 2.25. The Bertz CT molecular complexity index is 1080. The molecule has 2 atom stereocenters. The molecule has 12 heteroatoms. The van der Waals surface area contributed by atoms with Crippen LogP contribution in [-0.4, -0.2) is 80.5 Å². The number of aromatic nitrogens is 1. The van der Waals surface area contributed by atoms with Crippen LogP contribution in [0.1, 0.15) is 52.6 Å². The number of benzene rings is 1. The monoisotopic (exact) mass is 562 g/mol. The van der Waals surface area contributed by atoms with Gasteiger partial charge in [-0.25, -0.2) is 14.1 Å². The summed E-state index contributed by atoms with van der Waals surface area (Å²) in [5.41, 5.74) is 3.93. The van der Waals surface area contributed by atoms with E-state index in [4.69, 9.17) is 4.74 Å². The Morgan fingerprint density at radius 1 is 1.18 bits per heavy atom. The zero-order chi connectivity index (χ0) is 27.7. The van der Waals surface area contributed by atoms with Crippen LogP contribution in [0.4, 0.5) is 5.69 Å². The van der Waals surface area contributed by atoms with Gasteiger partial charge in [0.2, 0.25) is 5.91 Å². The lowest BCUT2D eigenvalue weighted by Gasteiger charge is -2.24. The number of hydrogen-bond donors (Lipinski definition) is 3. The summed E-state index contributed by atoms with van der Waals surface area (Å²) in [7, 11) is 6.99. The van der Waals surface area contributed by atoms with Crippen molar-refractivity contribution < 1.29 is 19.1 Å². The zero-order valence-corrected chi connectivity index (χ0v) is 24.3. The first-order valence-electron chi connectivity index (χ1n) is 12.7. The van der Waals surface area contributed by atoms with Gasteiger partial charge in [-0.3, -0.25) is 9.59 Å². The average molecular weight is 563 g/mol. The first-order chi connectivity index (χ1) is 18.2. The number of esters is 1. The lowest BCUT2D eigenvalue weighted by Crippen LogP contribution is -2.50. The van der Waals surface area contributed by atoms with Crippen LogP contribution in [0.15, 0.2) is 29.1 Å². The minimum Gasteiger partial charge on any atom is -0.465 e. The molecule has 3 rings (SSSR count). The van der Waals surface area contributed by atoms with E-state index in [1.54, 1.807) is 17.6 Å². The normalized spacial score (nSPS) is 14.6. The van der Waals surface area contributed by atoms with Gasteiger partial charge in [0, 0.05) is 61.4 Å². The van der Waals surface area contributed by atoms with E-state index >= 15 is 0 Å². The van der Waals surface area contributed by atoms with Gasteiger partial charge in [-0.15, -0.1) is 11.3 Å². The molecule has 1 saturated carbocycles. The van der Waals surface area contributed by atoms with Crippen LogP contribution < -0.4 is 20.3 Å². The number of carbonyl (C=O) groups is 3. The molecule has 1 fully saturated rings. The van der Waals surface area contributed by atoms with Gasteiger partial charge in [0.25, 0.3) is 5.91 Å². The molecule has 1 aromatic carbocycles. The predicted molar refractivity (Wildman–Crippen MR) is 152 cm³/mol. The van der Waals surface area contributed by atoms with Crippen molar-refractivity contribution in [2.45, 2.75) is 44.7 Å². The lowest BCUT2D eigenvalue weighted by molar-refractivity contribution is -0.123. The van der Waals surface area contributed by atoms with E-state index in [1.807, 2.05) is 42.1 Å². The van der Waals surface area contributed by atoms with Crippen molar-refractivity contribution in [1.29, 1.82) is 0 Å². The molecule has 1 aliphatic rings. The van der Waals surface area contributed by atoms with E-state index in [0.717, 1.165) is 12.2 Å². The van der Waals surface area contributed by atoms with Gasteiger partial charge in [-0.2, -0.15) is 0 Å². The molecule has 0 aliphatic heterocycles. The van der Waals surface area contributed by atoms with Gasteiger partial charge >= 0.3 is 5.97 Å². The third-order valence-corrected chi connectivity index (χ3v) is 7.54. The first-order valence-corrected chi connectivity index (χ1v) is 14.4. The fraction of sp³-hybridized carbons (Fsp3) is 0.538. The zero-order valence-electron chi connectivity index (χ0n) is 22.7. The number of rotatable bonds is 15. The summed E-state index contributed by atoms with van der Waals surface area (Å²) in [4.78, 5) is 42.8.